The van der Waals surface area contributed by atoms with Crippen LogP contribution >= 0.6 is 0 Å². The molecular formula is C19H15F5N4O. The van der Waals surface area contributed by atoms with Gasteiger partial charge in [0, 0.05) is 17.6 Å². The zero-order valence-electron chi connectivity index (χ0n) is 14.8. The van der Waals surface area contributed by atoms with Crippen molar-refractivity contribution >= 4 is 23.0 Å². The molecule has 0 saturated heterocycles. The molecule has 1 aromatic carbocycles. The molecule has 1 saturated carbocycles. The highest BCUT2D eigenvalue weighted by atomic mass is 19.4. The number of hydrogen-bond donors (Lipinski definition) is 3. The van der Waals surface area contributed by atoms with Crippen LogP contribution in [-0.2, 0) is 0 Å². The van der Waals surface area contributed by atoms with Crippen LogP contribution in [0, 0.1) is 23.0 Å². The van der Waals surface area contributed by atoms with Crippen molar-refractivity contribution in [1.82, 2.24) is 4.98 Å². The molecule has 2 aromatic rings. The molecule has 1 aliphatic rings. The van der Waals surface area contributed by atoms with E-state index < -0.39 is 29.4 Å². The van der Waals surface area contributed by atoms with Crippen LogP contribution in [0.1, 0.15) is 23.2 Å². The average Bonchev–Trinajstić information content (AvgIpc) is 3.47. The summed E-state index contributed by atoms with van der Waals surface area (Å²) in [7, 11) is 0. The molecule has 5 nitrogen and oxygen atoms in total. The summed E-state index contributed by atoms with van der Waals surface area (Å²) in [6.45, 7) is 0. The first-order valence-electron chi connectivity index (χ1n) is 8.50. The maximum atomic E-state index is 14.4. The summed E-state index contributed by atoms with van der Waals surface area (Å²) in [4.78, 5) is 15.6. The van der Waals surface area contributed by atoms with E-state index in [1.807, 2.05) is 0 Å². The summed E-state index contributed by atoms with van der Waals surface area (Å²) in [5.41, 5.74) is -1.77. The summed E-state index contributed by atoms with van der Waals surface area (Å²) in [5, 5.41) is 12.0. The molecule has 0 aliphatic heterocycles. The monoisotopic (exact) mass is 410 g/mol. The van der Waals surface area contributed by atoms with Crippen LogP contribution in [0.4, 0.5) is 33.3 Å². The molecular weight excluding hydrogens is 395 g/mol. The highest BCUT2D eigenvalue weighted by Crippen LogP contribution is 2.38. The third-order valence-electron chi connectivity index (χ3n) is 4.15. The molecule has 152 valence electrons. The smallest absolute Gasteiger partial charge is 0.356 e. The standard InChI is InChI=1S/C19H15F5N4O/c20-13-7-11(27-18(29)12-5-6-26-9-14(12)21)3-4-15(13)28-16(10-1-2-10)8-17(25)19(22,23)24/h3-10,25,28H,1-2H2,(H,27,29)/b16-8-,25-17?. The minimum atomic E-state index is -4.79. The highest BCUT2D eigenvalue weighted by molar-refractivity contribution is 6.04. The first-order valence-corrected chi connectivity index (χ1v) is 8.50. The van der Waals surface area contributed by atoms with Crippen molar-refractivity contribution in [3.05, 3.63) is 65.6 Å². The average molecular weight is 410 g/mol. The van der Waals surface area contributed by atoms with E-state index in [1.54, 1.807) is 0 Å². The van der Waals surface area contributed by atoms with Gasteiger partial charge in [-0.1, -0.05) is 0 Å². The third-order valence-corrected chi connectivity index (χ3v) is 4.15. The molecule has 0 spiro atoms. The summed E-state index contributed by atoms with van der Waals surface area (Å²) >= 11 is 0. The lowest BCUT2D eigenvalue weighted by atomic mass is 10.2. The maximum absolute atomic E-state index is 14.4. The molecule has 1 aromatic heterocycles. The van der Waals surface area contributed by atoms with Crippen molar-refractivity contribution in [1.29, 1.82) is 5.41 Å². The predicted octanol–water partition coefficient (Wildman–Crippen LogP) is 4.90. The molecule has 10 heteroatoms. The predicted molar refractivity (Wildman–Crippen MR) is 96.8 cm³/mol. The number of rotatable bonds is 6. The summed E-state index contributed by atoms with van der Waals surface area (Å²) in [6.07, 6.45) is -0.771. The molecule has 3 N–H and O–H groups in total. The van der Waals surface area contributed by atoms with Gasteiger partial charge in [-0.15, -0.1) is 0 Å². The van der Waals surface area contributed by atoms with Crippen molar-refractivity contribution < 1.29 is 26.7 Å². The number of carbonyl (C=O) groups is 1. The van der Waals surface area contributed by atoms with Crippen molar-refractivity contribution in [2.75, 3.05) is 10.6 Å². The van der Waals surface area contributed by atoms with Crippen LogP contribution in [-0.4, -0.2) is 22.8 Å². The number of aromatic nitrogens is 1. The Hall–Kier alpha value is -3.30. The van der Waals surface area contributed by atoms with Crippen molar-refractivity contribution in [3.63, 3.8) is 0 Å². The first kappa shape index (κ1) is 20.4. The second kappa shape index (κ2) is 7.98. The molecule has 0 bridgehead atoms. The Morgan fingerprint density at radius 2 is 1.86 bits per heavy atom. The van der Waals surface area contributed by atoms with Gasteiger partial charge in [0.2, 0.25) is 0 Å². The quantitative estimate of drug-likeness (QED) is 0.468. The van der Waals surface area contributed by atoms with Crippen LogP contribution in [0.2, 0.25) is 0 Å². The molecule has 3 rings (SSSR count). The molecule has 29 heavy (non-hydrogen) atoms. The molecule has 0 atom stereocenters. The Morgan fingerprint density at radius 1 is 1.14 bits per heavy atom. The number of alkyl halides is 3. The lowest BCUT2D eigenvalue weighted by Crippen LogP contribution is -2.21. The number of carbonyl (C=O) groups excluding carboxylic acids is 1. The lowest BCUT2D eigenvalue weighted by Gasteiger charge is -2.14. The largest absolute Gasteiger partial charge is 0.432 e. The molecule has 1 heterocycles. The Bertz CT molecular complexity index is 983. The second-order valence-electron chi connectivity index (χ2n) is 6.41. The fraction of sp³-hybridized carbons (Fsp3) is 0.211. The van der Waals surface area contributed by atoms with Crippen molar-refractivity contribution in [2.45, 2.75) is 19.0 Å². The number of nitrogens with zero attached hydrogens (tertiary/aromatic N) is 1. The van der Waals surface area contributed by atoms with E-state index in [1.165, 1.54) is 24.4 Å². The molecule has 1 fully saturated rings. The van der Waals surface area contributed by atoms with Crippen LogP contribution < -0.4 is 10.6 Å². The Kier molecular flexibility index (Phi) is 5.62. The fourth-order valence-corrected chi connectivity index (χ4v) is 2.50. The minimum absolute atomic E-state index is 0.0363. The zero-order chi connectivity index (χ0) is 21.2. The van der Waals surface area contributed by atoms with Crippen molar-refractivity contribution in [2.24, 2.45) is 5.92 Å². The third kappa shape index (κ3) is 5.15. The van der Waals surface area contributed by atoms with Crippen LogP contribution in [0.15, 0.2) is 48.4 Å². The normalized spacial score (nSPS) is 14.4. The fourth-order valence-electron chi connectivity index (χ4n) is 2.50. The number of pyridine rings is 1. The van der Waals surface area contributed by atoms with E-state index >= 15 is 0 Å². The van der Waals surface area contributed by atoms with Gasteiger partial charge in [-0.3, -0.25) is 15.2 Å². The van der Waals surface area contributed by atoms with Gasteiger partial charge >= 0.3 is 6.18 Å². The number of halogens is 5. The van der Waals surface area contributed by atoms with Gasteiger partial charge in [-0.25, -0.2) is 8.78 Å². The second-order valence-corrected chi connectivity index (χ2v) is 6.41. The zero-order valence-corrected chi connectivity index (χ0v) is 14.8. The maximum Gasteiger partial charge on any atom is 0.432 e. The number of amides is 1. The van der Waals surface area contributed by atoms with E-state index in [9.17, 15) is 26.7 Å². The van der Waals surface area contributed by atoms with E-state index in [0.717, 1.165) is 12.3 Å². The van der Waals surface area contributed by atoms with E-state index in [-0.39, 0.29) is 28.6 Å². The van der Waals surface area contributed by atoms with E-state index in [0.29, 0.717) is 18.9 Å². The first-order chi connectivity index (χ1) is 13.6. The summed E-state index contributed by atoms with van der Waals surface area (Å²) in [6, 6.07) is 4.68. The Balaban J connectivity index is 1.75. The molecule has 1 amide bonds. The van der Waals surface area contributed by atoms with Crippen molar-refractivity contribution in [3.8, 4) is 0 Å². The van der Waals surface area contributed by atoms with Crippen LogP contribution in [0.3, 0.4) is 0 Å². The number of allylic oxidation sites excluding steroid dienone is 2. The van der Waals surface area contributed by atoms with Gasteiger partial charge in [0.1, 0.15) is 11.5 Å². The highest BCUT2D eigenvalue weighted by Gasteiger charge is 2.35. The molecule has 1 aliphatic carbocycles. The minimum Gasteiger partial charge on any atom is -0.356 e. The molecule has 0 unspecified atom stereocenters. The number of hydrogen-bond acceptors (Lipinski definition) is 4. The van der Waals surface area contributed by atoms with Gasteiger partial charge in [0.05, 0.1) is 17.4 Å². The van der Waals surface area contributed by atoms with Crippen LogP contribution in [0.5, 0.6) is 0 Å². The lowest BCUT2D eigenvalue weighted by molar-refractivity contribution is -0.0584. The van der Waals surface area contributed by atoms with Gasteiger partial charge in [0.15, 0.2) is 5.82 Å². The van der Waals surface area contributed by atoms with Crippen LogP contribution in [0.25, 0.3) is 0 Å². The summed E-state index contributed by atoms with van der Waals surface area (Å²) < 4.78 is 65.8. The topological polar surface area (TPSA) is 77.9 Å². The van der Waals surface area contributed by atoms with Gasteiger partial charge in [-0.05, 0) is 49.1 Å². The Labute approximate surface area is 162 Å². The van der Waals surface area contributed by atoms with Gasteiger partial charge in [0.25, 0.3) is 5.91 Å². The van der Waals surface area contributed by atoms with Gasteiger partial charge in [-0.2, -0.15) is 13.2 Å². The number of anilines is 2. The van der Waals surface area contributed by atoms with E-state index in [2.05, 4.69) is 15.6 Å². The summed E-state index contributed by atoms with van der Waals surface area (Å²) in [5.74, 6) is -2.67. The van der Waals surface area contributed by atoms with E-state index in [4.69, 9.17) is 5.41 Å². The van der Waals surface area contributed by atoms with Gasteiger partial charge < -0.3 is 10.6 Å². The molecule has 0 radical (unpaired) electrons. The SMILES string of the molecule is N=C(/C=C(\Nc1ccc(NC(=O)c2ccncc2F)cc1F)C1CC1)C(F)(F)F. The number of nitrogens with one attached hydrogen (secondary N) is 3. The Morgan fingerprint density at radius 3 is 2.45 bits per heavy atom. The number of benzene rings is 1.